The average Bonchev–Trinajstić information content (AvgIpc) is 2.89. The number of nitrogens with one attached hydrogen (secondary N) is 1. The Morgan fingerprint density at radius 1 is 1.47 bits per heavy atom. The second-order valence-electron chi connectivity index (χ2n) is 5.97. The SMILES string of the molecule is CCC(C)CN(C)C(=O)C1NCC2CCCC21. The molecule has 2 rings (SSSR count). The van der Waals surface area contributed by atoms with Crippen molar-refractivity contribution in [1.29, 1.82) is 0 Å². The fourth-order valence-corrected chi connectivity index (χ4v) is 3.38. The minimum atomic E-state index is 0.108. The molecule has 3 heteroatoms. The molecule has 1 N–H and O–H groups in total. The van der Waals surface area contributed by atoms with Crippen molar-refractivity contribution in [2.24, 2.45) is 17.8 Å². The number of amides is 1. The lowest BCUT2D eigenvalue weighted by atomic mass is 9.93. The molecule has 1 aliphatic carbocycles. The van der Waals surface area contributed by atoms with E-state index in [1.54, 1.807) is 0 Å². The van der Waals surface area contributed by atoms with Crippen molar-refractivity contribution in [3.05, 3.63) is 0 Å². The number of rotatable bonds is 4. The van der Waals surface area contributed by atoms with Crippen LogP contribution >= 0.6 is 0 Å². The summed E-state index contributed by atoms with van der Waals surface area (Å²) in [5.41, 5.74) is 0. The molecule has 1 amide bonds. The molecule has 4 unspecified atom stereocenters. The number of hydrogen-bond donors (Lipinski definition) is 1. The third kappa shape index (κ3) is 2.65. The molecule has 0 aromatic carbocycles. The molecule has 2 aliphatic rings. The Hall–Kier alpha value is -0.570. The molecule has 0 bridgehead atoms. The van der Waals surface area contributed by atoms with Gasteiger partial charge in [-0.2, -0.15) is 0 Å². The van der Waals surface area contributed by atoms with Crippen LogP contribution in [0.5, 0.6) is 0 Å². The predicted molar refractivity (Wildman–Crippen MR) is 69.7 cm³/mol. The van der Waals surface area contributed by atoms with Crippen molar-refractivity contribution in [3.63, 3.8) is 0 Å². The van der Waals surface area contributed by atoms with Gasteiger partial charge in [-0.25, -0.2) is 0 Å². The van der Waals surface area contributed by atoms with Gasteiger partial charge >= 0.3 is 0 Å². The third-order valence-electron chi connectivity index (χ3n) is 4.67. The van der Waals surface area contributed by atoms with Crippen LogP contribution in [0.3, 0.4) is 0 Å². The molecule has 0 aromatic rings. The maximum Gasteiger partial charge on any atom is 0.239 e. The van der Waals surface area contributed by atoms with E-state index in [2.05, 4.69) is 19.2 Å². The van der Waals surface area contributed by atoms with E-state index < -0.39 is 0 Å². The summed E-state index contributed by atoms with van der Waals surface area (Å²) in [6.07, 6.45) is 5.01. The quantitative estimate of drug-likeness (QED) is 0.811. The van der Waals surface area contributed by atoms with Gasteiger partial charge in [0.25, 0.3) is 0 Å². The van der Waals surface area contributed by atoms with Crippen LogP contribution in [0.2, 0.25) is 0 Å². The van der Waals surface area contributed by atoms with Gasteiger partial charge in [0.1, 0.15) is 0 Å². The number of fused-ring (bicyclic) bond motifs is 1. The Labute approximate surface area is 105 Å². The van der Waals surface area contributed by atoms with Gasteiger partial charge in [0.2, 0.25) is 5.91 Å². The lowest BCUT2D eigenvalue weighted by Gasteiger charge is -2.26. The lowest BCUT2D eigenvalue weighted by molar-refractivity contribution is -0.133. The first-order valence-electron chi connectivity index (χ1n) is 7.11. The van der Waals surface area contributed by atoms with E-state index in [4.69, 9.17) is 0 Å². The molecule has 3 nitrogen and oxygen atoms in total. The summed E-state index contributed by atoms with van der Waals surface area (Å²) in [7, 11) is 1.96. The van der Waals surface area contributed by atoms with Gasteiger partial charge in [-0.1, -0.05) is 26.7 Å². The highest BCUT2D eigenvalue weighted by molar-refractivity contribution is 5.82. The van der Waals surface area contributed by atoms with E-state index in [0.717, 1.165) is 25.4 Å². The van der Waals surface area contributed by atoms with E-state index >= 15 is 0 Å². The average molecular weight is 238 g/mol. The maximum atomic E-state index is 12.4. The van der Waals surface area contributed by atoms with Crippen LogP contribution in [0.25, 0.3) is 0 Å². The van der Waals surface area contributed by atoms with Crippen LogP contribution < -0.4 is 5.32 Å². The lowest BCUT2D eigenvalue weighted by Crippen LogP contribution is -2.45. The molecule has 98 valence electrons. The zero-order valence-corrected chi connectivity index (χ0v) is 11.4. The number of hydrogen-bond acceptors (Lipinski definition) is 2. The van der Waals surface area contributed by atoms with Crippen LogP contribution in [0.1, 0.15) is 39.5 Å². The molecule has 4 atom stereocenters. The summed E-state index contributed by atoms with van der Waals surface area (Å²) < 4.78 is 0. The molecule has 1 aliphatic heterocycles. The highest BCUT2D eigenvalue weighted by Gasteiger charge is 2.43. The Kier molecular flexibility index (Phi) is 4.08. The first-order chi connectivity index (χ1) is 8.13. The monoisotopic (exact) mass is 238 g/mol. The van der Waals surface area contributed by atoms with Gasteiger partial charge in [0.15, 0.2) is 0 Å². The molecule has 1 heterocycles. The summed E-state index contributed by atoms with van der Waals surface area (Å²) in [5.74, 6) is 2.30. The Bertz CT molecular complexity index is 279. The van der Waals surface area contributed by atoms with Crippen molar-refractivity contribution in [2.75, 3.05) is 20.1 Å². The van der Waals surface area contributed by atoms with Crippen molar-refractivity contribution >= 4 is 5.91 Å². The Morgan fingerprint density at radius 2 is 2.24 bits per heavy atom. The van der Waals surface area contributed by atoms with Crippen molar-refractivity contribution in [3.8, 4) is 0 Å². The van der Waals surface area contributed by atoms with E-state index in [0.29, 0.717) is 17.7 Å². The van der Waals surface area contributed by atoms with Crippen LogP contribution in [0.15, 0.2) is 0 Å². The predicted octanol–water partition coefficient (Wildman–Crippen LogP) is 1.88. The first kappa shape index (κ1) is 12.9. The number of nitrogens with zero attached hydrogens (tertiary/aromatic N) is 1. The Balaban J connectivity index is 1.91. The van der Waals surface area contributed by atoms with Gasteiger partial charge in [-0.15, -0.1) is 0 Å². The van der Waals surface area contributed by atoms with Crippen molar-refractivity contribution in [2.45, 2.75) is 45.6 Å². The third-order valence-corrected chi connectivity index (χ3v) is 4.67. The second kappa shape index (κ2) is 5.38. The van der Waals surface area contributed by atoms with Gasteiger partial charge in [-0.3, -0.25) is 4.79 Å². The highest BCUT2D eigenvalue weighted by Crippen LogP contribution is 2.38. The van der Waals surface area contributed by atoms with E-state index in [9.17, 15) is 4.79 Å². The largest absolute Gasteiger partial charge is 0.344 e. The summed E-state index contributed by atoms with van der Waals surface area (Å²) in [5, 5.41) is 3.44. The van der Waals surface area contributed by atoms with Gasteiger partial charge in [0, 0.05) is 13.6 Å². The minimum Gasteiger partial charge on any atom is -0.344 e. The van der Waals surface area contributed by atoms with Crippen LogP contribution in [0.4, 0.5) is 0 Å². The van der Waals surface area contributed by atoms with Crippen molar-refractivity contribution in [1.82, 2.24) is 10.2 Å². The zero-order chi connectivity index (χ0) is 12.4. The standard InChI is InChI=1S/C14H26N2O/c1-4-10(2)9-16(3)14(17)13-12-7-5-6-11(12)8-15-13/h10-13,15H,4-9H2,1-3H3. The molecule has 0 spiro atoms. The number of carbonyl (C=O) groups is 1. The highest BCUT2D eigenvalue weighted by atomic mass is 16.2. The van der Waals surface area contributed by atoms with Crippen molar-refractivity contribution < 1.29 is 4.79 Å². The van der Waals surface area contributed by atoms with Gasteiger partial charge in [0.05, 0.1) is 6.04 Å². The topological polar surface area (TPSA) is 32.3 Å². The molecule has 1 saturated heterocycles. The zero-order valence-electron chi connectivity index (χ0n) is 11.4. The summed E-state index contributed by atoms with van der Waals surface area (Å²) in [4.78, 5) is 14.3. The summed E-state index contributed by atoms with van der Waals surface area (Å²) in [6.45, 7) is 6.34. The maximum absolute atomic E-state index is 12.4. The van der Waals surface area contributed by atoms with Crippen LogP contribution in [-0.4, -0.2) is 37.0 Å². The van der Waals surface area contributed by atoms with Crippen LogP contribution in [0, 0.1) is 17.8 Å². The number of carbonyl (C=O) groups excluding carboxylic acids is 1. The Morgan fingerprint density at radius 3 is 2.94 bits per heavy atom. The fourth-order valence-electron chi connectivity index (χ4n) is 3.38. The smallest absolute Gasteiger partial charge is 0.239 e. The number of likely N-dealkylation sites (N-methyl/N-ethyl adjacent to an activating group) is 1. The van der Waals surface area contributed by atoms with Crippen LogP contribution in [-0.2, 0) is 4.79 Å². The first-order valence-corrected chi connectivity index (χ1v) is 7.11. The summed E-state index contributed by atoms with van der Waals surface area (Å²) >= 11 is 0. The molecular weight excluding hydrogens is 212 g/mol. The molecule has 1 saturated carbocycles. The molecular formula is C14H26N2O. The normalized spacial score (nSPS) is 33.5. The molecule has 17 heavy (non-hydrogen) atoms. The van der Waals surface area contributed by atoms with E-state index in [-0.39, 0.29) is 6.04 Å². The fraction of sp³-hybridized carbons (Fsp3) is 0.929. The van der Waals surface area contributed by atoms with E-state index in [1.165, 1.54) is 19.3 Å². The van der Waals surface area contributed by atoms with Gasteiger partial charge < -0.3 is 10.2 Å². The summed E-state index contributed by atoms with van der Waals surface area (Å²) in [6, 6.07) is 0.108. The molecule has 2 fully saturated rings. The second-order valence-corrected chi connectivity index (χ2v) is 5.97. The molecule has 0 radical (unpaired) electrons. The molecule has 0 aromatic heterocycles. The minimum absolute atomic E-state index is 0.108. The van der Waals surface area contributed by atoms with Gasteiger partial charge in [-0.05, 0) is 37.1 Å². The van der Waals surface area contributed by atoms with E-state index in [1.807, 2.05) is 11.9 Å².